The predicted octanol–water partition coefficient (Wildman–Crippen LogP) is 2.21. The summed E-state index contributed by atoms with van der Waals surface area (Å²) in [5, 5.41) is 0. The van der Waals surface area contributed by atoms with Gasteiger partial charge >= 0.3 is 0 Å². The molecule has 2 fully saturated rings. The van der Waals surface area contributed by atoms with Crippen molar-refractivity contribution in [2.24, 2.45) is 0 Å². The molecule has 6 heteroatoms. The molecule has 0 bridgehead atoms. The van der Waals surface area contributed by atoms with Gasteiger partial charge in [-0.1, -0.05) is 32.9 Å². The molecule has 1 atom stereocenters. The Morgan fingerprint density at radius 2 is 1.70 bits per heavy atom. The molecule has 0 spiro atoms. The summed E-state index contributed by atoms with van der Waals surface area (Å²) in [5.41, 5.74) is 1.32. The first-order valence-electron chi connectivity index (χ1n) is 9.76. The average molecular weight is 374 g/mol. The number of carbonyl (C=O) groups is 2. The topological polar surface area (TPSA) is 59.1 Å². The molecular weight excluding hydrogens is 344 g/mol. The summed E-state index contributed by atoms with van der Waals surface area (Å²) in [5.74, 6) is 0.720. The van der Waals surface area contributed by atoms with Crippen LogP contribution in [0, 0.1) is 0 Å². The Hall–Kier alpha value is -2.08. The molecule has 2 aliphatic heterocycles. The second-order valence-electron chi connectivity index (χ2n) is 8.27. The minimum Gasteiger partial charge on any atom is -0.484 e. The molecule has 2 aliphatic rings. The van der Waals surface area contributed by atoms with Crippen LogP contribution in [0.4, 0.5) is 0 Å². The molecular formula is C21H30N2O4. The van der Waals surface area contributed by atoms with Gasteiger partial charge in [0.1, 0.15) is 11.9 Å². The summed E-state index contributed by atoms with van der Waals surface area (Å²) in [7, 11) is 0. The van der Waals surface area contributed by atoms with Crippen molar-refractivity contribution in [3.63, 3.8) is 0 Å². The number of carbonyl (C=O) groups excluding carboxylic acids is 2. The van der Waals surface area contributed by atoms with E-state index < -0.39 is 0 Å². The van der Waals surface area contributed by atoms with Crippen LogP contribution in [0.15, 0.2) is 24.3 Å². The zero-order valence-electron chi connectivity index (χ0n) is 16.6. The van der Waals surface area contributed by atoms with E-state index in [0.29, 0.717) is 38.5 Å². The summed E-state index contributed by atoms with van der Waals surface area (Å²) in [4.78, 5) is 28.3. The Balaban J connectivity index is 1.43. The fraction of sp³-hybridized carbons (Fsp3) is 0.619. The highest BCUT2D eigenvalue weighted by Gasteiger charge is 2.31. The van der Waals surface area contributed by atoms with Gasteiger partial charge in [0.2, 0.25) is 0 Å². The molecule has 6 nitrogen and oxygen atoms in total. The predicted molar refractivity (Wildman–Crippen MR) is 103 cm³/mol. The van der Waals surface area contributed by atoms with Crippen molar-refractivity contribution in [1.29, 1.82) is 0 Å². The summed E-state index contributed by atoms with van der Waals surface area (Å²) < 4.78 is 11.1. The Labute approximate surface area is 161 Å². The highest BCUT2D eigenvalue weighted by molar-refractivity contribution is 5.82. The molecule has 2 saturated heterocycles. The number of amides is 2. The number of benzene rings is 1. The van der Waals surface area contributed by atoms with Crippen molar-refractivity contribution >= 4 is 11.8 Å². The third-order valence-electron chi connectivity index (χ3n) is 5.23. The average Bonchev–Trinajstić information content (AvgIpc) is 3.20. The van der Waals surface area contributed by atoms with Crippen LogP contribution in [0.1, 0.15) is 39.2 Å². The zero-order valence-corrected chi connectivity index (χ0v) is 16.6. The van der Waals surface area contributed by atoms with E-state index in [-0.39, 0.29) is 29.9 Å². The molecule has 0 aromatic heterocycles. The molecule has 0 N–H and O–H groups in total. The number of piperazine rings is 1. The lowest BCUT2D eigenvalue weighted by Crippen LogP contribution is -2.53. The van der Waals surface area contributed by atoms with Crippen molar-refractivity contribution in [3.05, 3.63) is 29.8 Å². The van der Waals surface area contributed by atoms with E-state index in [0.717, 1.165) is 12.8 Å². The molecule has 0 unspecified atom stereocenters. The SMILES string of the molecule is CC(C)(C)c1ccc(OCC(=O)N2CCN(C(=O)[C@@H]3CCCO3)CC2)cc1. The van der Waals surface area contributed by atoms with Gasteiger partial charge in [-0.15, -0.1) is 0 Å². The van der Waals surface area contributed by atoms with Crippen molar-refractivity contribution in [3.8, 4) is 5.75 Å². The van der Waals surface area contributed by atoms with Gasteiger partial charge in [-0.25, -0.2) is 0 Å². The summed E-state index contributed by atoms with van der Waals surface area (Å²) in [6, 6.07) is 7.89. The second kappa shape index (κ2) is 8.30. The van der Waals surface area contributed by atoms with E-state index in [9.17, 15) is 9.59 Å². The van der Waals surface area contributed by atoms with Gasteiger partial charge < -0.3 is 19.3 Å². The maximum Gasteiger partial charge on any atom is 0.260 e. The first-order chi connectivity index (χ1) is 12.8. The van der Waals surface area contributed by atoms with E-state index in [1.165, 1.54) is 5.56 Å². The van der Waals surface area contributed by atoms with Gasteiger partial charge in [-0.3, -0.25) is 9.59 Å². The third-order valence-corrected chi connectivity index (χ3v) is 5.23. The number of ether oxygens (including phenoxy) is 2. The van der Waals surface area contributed by atoms with Crippen LogP contribution in [0.3, 0.4) is 0 Å². The van der Waals surface area contributed by atoms with Gasteiger partial charge in [0, 0.05) is 32.8 Å². The maximum atomic E-state index is 12.4. The quantitative estimate of drug-likeness (QED) is 0.811. The first kappa shape index (κ1) is 19.7. The molecule has 0 aliphatic carbocycles. The van der Waals surface area contributed by atoms with Crippen LogP contribution < -0.4 is 4.74 Å². The summed E-state index contributed by atoms with van der Waals surface area (Å²) >= 11 is 0. The smallest absolute Gasteiger partial charge is 0.260 e. The number of rotatable bonds is 4. The monoisotopic (exact) mass is 374 g/mol. The van der Waals surface area contributed by atoms with E-state index in [4.69, 9.17) is 9.47 Å². The molecule has 0 radical (unpaired) electrons. The largest absolute Gasteiger partial charge is 0.484 e. The van der Waals surface area contributed by atoms with Crippen LogP contribution in [0.25, 0.3) is 0 Å². The minimum atomic E-state index is -0.286. The maximum absolute atomic E-state index is 12.4. The minimum absolute atomic E-state index is 0.0224. The Kier molecular flexibility index (Phi) is 6.05. The van der Waals surface area contributed by atoms with Crippen LogP contribution in [-0.2, 0) is 19.7 Å². The van der Waals surface area contributed by atoms with Gasteiger partial charge in [0.15, 0.2) is 6.61 Å². The fourth-order valence-corrected chi connectivity index (χ4v) is 3.44. The third kappa shape index (κ3) is 5.01. The fourth-order valence-electron chi connectivity index (χ4n) is 3.44. The van der Waals surface area contributed by atoms with Gasteiger partial charge in [-0.2, -0.15) is 0 Å². The lowest BCUT2D eigenvalue weighted by atomic mass is 9.87. The molecule has 148 valence electrons. The Morgan fingerprint density at radius 3 is 2.26 bits per heavy atom. The van der Waals surface area contributed by atoms with E-state index >= 15 is 0 Å². The lowest BCUT2D eigenvalue weighted by molar-refractivity contribution is -0.146. The number of hydrogen-bond donors (Lipinski definition) is 0. The molecule has 27 heavy (non-hydrogen) atoms. The molecule has 3 rings (SSSR count). The molecule has 2 heterocycles. The standard InChI is InChI=1S/C21H30N2O4/c1-21(2,3)16-6-8-17(9-7-16)27-15-19(24)22-10-12-23(13-11-22)20(25)18-5-4-14-26-18/h6-9,18H,4-5,10-15H2,1-3H3/t18-/m0/s1. The normalized spacial score (nSPS) is 20.6. The number of nitrogens with zero attached hydrogens (tertiary/aromatic N) is 2. The molecule has 1 aromatic carbocycles. The summed E-state index contributed by atoms with van der Waals surface area (Å²) in [6.07, 6.45) is 1.47. The van der Waals surface area contributed by atoms with Gasteiger partial charge in [0.25, 0.3) is 11.8 Å². The van der Waals surface area contributed by atoms with Crippen LogP contribution in [-0.4, -0.2) is 67.1 Å². The van der Waals surface area contributed by atoms with E-state index in [1.54, 1.807) is 4.90 Å². The Morgan fingerprint density at radius 1 is 1.07 bits per heavy atom. The summed E-state index contributed by atoms with van der Waals surface area (Å²) in [6.45, 7) is 9.39. The van der Waals surface area contributed by atoms with E-state index in [2.05, 4.69) is 20.8 Å². The molecule has 1 aromatic rings. The van der Waals surface area contributed by atoms with Crippen molar-refractivity contribution in [2.75, 3.05) is 39.4 Å². The van der Waals surface area contributed by atoms with Crippen LogP contribution in [0.2, 0.25) is 0 Å². The van der Waals surface area contributed by atoms with E-state index in [1.807, 2.05) is 29.2 Å². The van der Waals surface area contributed by atoms with Gasteiger partial charge in [-0.05, 0) is 36.0 Å². The molecule has 2 amide bonds. The lowest BCUT2D eigenvalue weighted by Gasteiger charge is -2.35. The zero-order chi connectivity index (χ0) is 19.4. The molecule has 0 saturated carbocycles. The van der Waals surface area contributed by atoms with Crippen LogP contribution >= 0.6 is 0 Å². The number of hydrogen-bond acceptors (Lipinski definition) is 4. The van der Waals surface area contributed by atoms with Crippen LogP contribution in [0.5, 0.6) is 5.75 Å². The highest BCUT2D eigenvalue weighted by Crippen LogP contribution is 2.24. The Bertz CT molecular complexity index is 652. The van der Waals surface area contributed by atoms with Crippen molar-refractivity contribution in [1.82, 2.24) is 9.80 Å². The van der Waals surface area contributed by atoms with Crippen molar-refractivity contribution < 1.29 is 19.1 Å². The highest BCUT2D eigenvalue weighted by atomic mass is 16.5. The first-order valence-corrected chi connectivity index (χ1v) is 9.76. The van der Waals surface area contributed by atoms with Crippen molar-refractivity contribution in [2.45, 2.75) is 45.1 Å². The second-order valence-corrected chi connectivity index (χ2v) is 8.27. The van der Waals surface area contributed by atoms with Gasteiger partial charge in [0.05, 0.1) is 0 Å².